The summed E-state index contributed by atoms with van der Waals surface area (Å²) in [6.45, 7) is 10.0. The lowest BCUT2D eigenvalue weighted by Crippen LogP contribution is -2.54. The molecule has 0 saturated carbocycles. The van der Waals surface area contributed by atoms with Crippen LogP contribution in [-0.4, -0.2) is 74.7 Å². The molecule has 5 heteroatoms. The average molecular weight is 271 g/mol. The Morgan fingerprint density at radius 2 is 1.84 bits per heavy atom. The van der Waals surface area contributed by atoms with E-state index in [2.05, 4.69) is 38.2 Å². The van der Waals surface area contributed by atoms with Crippen molar-refractivity contribution >= 4 is 5.91 Å². The third-order valence-electron chi connectivity index (χ3n) is 3.52. The van der Waals surface area contributed by atoms with Crippen molar-refractivity contribution in [2.45, 2.75) is 32.9 Å². The van der Waals surface area contributed by atoms with Crippen LogP contribution in [0.15, 0.2) is 0 Å². The molecule has 1 saturated heterocycles. The molecule has 0 radical (unpaired) electrons. The Morgan fingerprint density at radius 1 is 1.26 bits per heavy atom. The van der Waals surface area contributed by atoms with E-state index in [1.165, 1.54) is 0 Å². The molecule has 1 fully saturated rings. The quantitative estimate of drug-likeness (QED) is 0.760. The van der Waals surface area contributed by atoms with Crippen LogP contribution in [0.2, 0.25) is 0 Å². The summed E-state index contributed by atoms with van der Waals surface area (Å²) in [5, 5.41) is 3.47. The summed E-state index contributed by atoms with van der Waals surface area (Å²) in [6, 6.07) is 0.195. The molecule has 112 valence electrons. The van der Waals surface area contributed by atoms with Crippen molar-refractivity contribution in [3.05, 3.63) is 0 Å². The highest BCUT2D eigenvalue weighted by molar-refractivity contribution is 5.81. The number of hydrogen-bond donors (Lipinski definition) is 1. The summed E-state index contributed by atoms with van der Waals surface area (Å²) in [4.78, 5) is 16.4. The lowest BCUT2D eigenvalue weighted by molar-refractivity contribution is -0.137. The third-order valence-corrected chi connectivity index (χ3v) is 3.52. The number of hydrogen-bond acceptors (Lipinski definition) is 4. The molecule has 1 heterocycles. The van der Waals surface area contributed by atoms with Crippen LogP contribution in [0.5, 0.6) is 0 Å². The predicted molar refractivity (Wildman–Crippen MR) is 77.2 cm³/mol. The molecule has 0 aromatic heterocycles. The van der Waals surface area contributed by atoms with Crippen LogP contribution in [0.3, 0.4) is 0 Å². The fourth-order valence-electron chi connectivity index (χ4n) is 2.30. The number of amides is 1. The molecule has 0 spiro atoms. The molecular weight excluding hydrogens is 242 g/mol. The Kier molecular flexibility index (Phi) is 6.75. The molecule has 0 aliphatic carbocycles. The fraction of sp³-hybridized carbons (Fsp3) is 0.929. The molecule has 2 unspecified atom stereocenters. The summed E-state index contributed by atoms with van der Waals surface area (Å²) in [6.07, 6.45) is 0. The smallest absolute Gasteiger partial charge is 0.239 e. The van der Waals surface area contributed by atoms with E-state index < -0.39 is 0 Å². The topological polar surface area (TPSA) is 44.8 Å². The Bertz CT molecular complexity index is 276. The molecule has 2 atom stereocenters. The van der Waals surface area contributed by atoms with Crippen LogP contribution in [-0.2, 0) is 9.53 Å². The van der Waals surface area contributed by atoms with Crippen molar-refractivity contribution in [3.8, 4) is 0 Å². The summed E-state index contributed by atoms with van der Waals surface area (Å²) in [5.74, 6) is 0.690. The van der Waals surface area contributed by atoms with Gasteiger partial charge in [0.2, 0.25) is 5.91 Å². The summed E-state index contributed by atoms with van der Waals surface area (Å²) < 4.78 is 5.28. The number of carbonyl (C=O) groups excluding carboxylic acids is 1. The second-order valence-electron chi connectivity index (χ2n) is 5.94. The van der Waals surface area contributed by atoms with Gasteiger partial charge in [-0.05, 0) is 26.9 Å². The van der Waals surface area contributed by atoms with E-state index in [0.717, 1.165) is 6.54 Å². The highest BCUT2D eigenvalue weighted by Crippen LogP contribution is 2.06. The first kappa shape index (κ1) is 16.4. The molecular formula is C14H29N3O2. The molecule has 1 aliphatic heterocycles. The molecule has 0 aromatic rings. The van der Waals surface area contributed by atoms with Crippen molar-refractivity contribution < 1.29 is 9.53 Å². The third kappa shape index (κ3) is 5.47. The Labute approximate surface area is 117 Å². The van der Waals surface area contributed by atoms with Gasteiger partial charge in [-0.25, -0.2) is 0 Å². The highest BCUT2D eigenvalue weighted by Gasteiger charge is 2.25. The second-order valence-corrected chi connectivity index (χ2v) is 5.94. The van der Waals surface area contributed by atoms with Gasteiger partial charge in [-0.15, -0.1) is 0 Å². The second kappa shape index (κ2) is 7.82. The largest absolute Gasteiger partial charge is 0.378 e. The maximum Gasteiger partial charge on any atom is 0.239 e. The van der Waals surface area contributed by atoms with Gasteiger partial charge in [-0.2, -0.15) is 0 Å². The highest BCUT2D eigenvalue weighted by atomic mass is 16.5. The molecule has 5 nitrogen and oxygen atoms in total. The van der Waals surface area contributed by atoms with Crippen molar-refractivity contribution in [2.75, 3.05) is 46.9 Å². The van der Waals surface area contributed by atoms with Gasteiger partial charge in [0.1, 0.15) is 0 Å². The number of likely N-dealkylation sites (N-methyl/N-ethyl adjacent to an activating group) is 1. The maximum atomic E-state index is 12.3. The van der Waals surface area contributed by atoms with E-state index in [-0.39, 0.29) is 11.9 Å². The SMILES string of the molecule is CC(NC(CN(C)C)C(C)C)C(=O)N1CCOCC1. The summed E-state index contributed by atoms with van der Waals surface area (Å²) >= 11 is 0. The van der Waals surface area contributed by atoms with Crippen LogP contribution in [0, 0.1) is 5.92 Å². The lowest BCUT2D eigenvalue weighted by atomic mass is 10.0. The Morgan fingerprint density at radius 3 is 2.32 bits per heavy atom. The van der Waals surface area contributed by atoms with Crippen molar-refractivity contribution in [3.63, 3.8) is 0 Å². The van der Waals surface area contributed by atoms with Gasteiger partial charge in [0.05, 0.1) is 19.3 Å². The van der Waals surface area contributed by atoms with E-state index in [1.54, 1.807) is 0 Å². The van der Waals surface area contributed by atoms with Gasteiger partial charge >= 0.3 is 0 Å². The number of morpholine rings is 1. The van der Waals surface area contributed by atoms with Gasteiger partial charge in [0.15, 0.2) is 0 Å². The first-order valence-electron chi connectivity index (χ1n) is 7.19. The van der Waals surface area contributed by atoms with Gasteiger partial charge in [0.25, 0.3) is 0 Å². The molecule has 19 heavy (non-hydrogen) atoms. The molecule has 1 aliphatic rings. The first-order valence-corrected chi connectivity index (χ1v) is 7.19. The van der Waals surface area contributed by atoms with Gasteiger partial charge in [0, 0.05) is 25.7 Å². The zero-order valence-electron chi connectivity index (χ0n) is 13.0. The number of ether oxygens (including phenoxy) is 1. The van der Waals surface area contributed by atoms with Crippen LogP contribution in [0.1, 0.15) is 20.8 Å². The number of nitrogens with one attached hydrogen (secondary N) is 1. The lowest BCUT2D eigenvalue weighted by Gasteiger charge is -2.33. The molecule has 1 amide bonds. The van der Waals surface area contributed by atoms with Crippen LogP contribution in [0.4, 0.5) is 0 Å². The number of nitrogens with zero attached hydrogens (tertiary/aromatic N) is 2. The zero-order valence-corrected chi connectivity index (χ0v) is 13.0. The van der Waals surface area contributed by atoms with Crippen molar-refractivity contribution in [1.29, 1.82) is 0 Å². The zero-order chi connectivity index (χ0) is 14.4. The standard InChI is InChI=1S/C14H29N3O2/c1-11(2)13(10-16(4)5)15-12(3)14(18)17-6-8-19-9-7-17/h11-13,15H,6-10H2,1-5H3. The predicted octanol–water partition coefficient (Wildman–Crippen LogP) is 0.410. The number of rotatable bonds is 6. The van der Waals surface area contributed by atoms with E-state index in [4.69, 9.17) is 4.74 Å². The maximum absolute atomic E-state index is 12.3. The molecule has 0 aromatic carbocycles. The Balaban J connectivity index is 2.50. The first-order chi connectivity index (χ1) is 8.91. The van der Waals surface area contributed by atoms with Gasteiger partial charge < -0.3 is 19.9 Å². The fourth-order valence-corrected chi connectivity index (χ4v) is 2.30. The summed E-state index contributed by atoms with van der Waals surface area (Å²) in [5.41, 5.74) is 0. The van der Waals surface area contributed by atoms with E-state index in [0.29, 0.717) is 38.3 Å². The van der Waals surface area contributed by atoms with Crippen molar-refractivity contribution in [2.24, 2.45) is 5.92 Å². The molecule has 1 N–H and O–H groups in total. The Hall–Kier alpha value is -0.650. The van der Waals surface area contributed by atoms with Gasteiger partial charge in [-0.1, -0.05) is 13.8 Å². The minimum absolute atomic E-state index is 0.134. The minimum Gasteiger partial charge on any atom is -0.378 e. The number of carbonyl (C=O) groups is 1. The van der Waals surface area contributed by atoms with E-state index in [9.17, 15) is 4.79 Å². The minimum atomic E-state index is -0.134. The monoisotopic (exact) mass is 271 g/mol. The van der Waals surface area contributed by atoms with Crippen LogP contribution >= 0.6 is 0 Å². The molecule has 1 rings (SSSR count). The summed E-state index contributed by atoms with van der Waals surface area (Å²) in [7, 11) is 4.12. The normalized spacial score (nSPS) is 19.8. The molecule has 0 bridgehead atoms. The van der Waals surface area contributed by atoms with Crippen LogP contribution in [0.25, 0.3) is 0 Å². The van der Waals surface area contributed by atoms with Gasteiger partial charge in [-0.3, -0.25) is 4.79 Å². The van der Waals surface area contributed by atoms with E-state index in [1.807, 2.05) is 11.8 Å². The average Bonchev–Trinajstić information content (AvgIpc) is 2.37. The van der Waals surface area contributed by atoms with Crippen LogP contribution < -0.4 is 5.32 Å². The van der Waals surface area contributed by atoms with Crippen molar-refractivity contribution in [1.82, 2.24) is 15.1 Å². The van der Waals surface area contributed by atoms with E-state index >= 15 is 0 Å².